The predicted molar refractivity (Wildman–Crippen MR) is 50.4 cm³/mol. The maximum atomic E-state index is 5.06. The fourth-order valence-corrected chi connectivity index (χ4v) is 1.18. The first kappa shape index (κ1) is 10.2. The van der Waals surface area contributed by atoms with Crippen molar-refractivity contribution < 1.29 is 9.47 Å². The average Bonchev–Trinajstić information content (AvgIpc) is 2.12. The summed E-state index contributed by atoms with van der Waals surface area (Å²) in [6, 6.07) is 2.06. The van der Waals surface area contributed by atoms with Gasteiger partial charge in [0, 0.05) is 26.1 Å². The van der Waals surface area contributed by atoms with Crippen molar-refractivity contribution in [1.29, 1.82) is 0 Å². The molecule has 1 aromatic heterocycles. The van der Waals surface area contributed by atoms with Crippen LogP contribution in [0.15, 0.2) is 12.3 Å². The predicted octanol–water partition coefficient (Wildman–Crippen LogP) is 1.68. The van der Waals surface area contributed by atoms with E-state index in [4.69, 9.17) is 9.47 Å². The summed E-state index contributed by atoms with van der Waals surface area (Å²) >= 11 is 0. The third-order valence-electron chi connectivity index (χ3n) is 1.86. The van der Waals surface area contributed by atoms with Crippen LogP contribution in [0.3, 0.4) is 0 Å². The number of rotatable bonds is 4. The molecule has 0 aromatic carbocycles. The SMILES string of the molecule is COCc1cnc(C)c(COC)c1. The summed E-state index contributed by atoms with van der Waals surface area (Å²) in [7, 11) is 3.36. The quantitative estimate of drug-likeness (QED) is 0.708. The summed E-state index contributed by atoms with van der Waals surface area (Å²) in [4.78, 5) is 4.26. The van der Waals surface area contributed by atoms with Crippen molar-refractivity contribution in [1.82, 2.24) is 4.98 Å². The van der Waals surface area contributed by atoms with E-state index in [9.17, 15) is 0 Å². The lowest BCUT2D eigenvalue weighted by molar-refractivity contribution is 0.179. The van der Waals surface area contributed by atoms with E-state index in [0.717, 1.165) is 16.8 Å². The van der Waals surface area contributed by atoms with E-state index in [-0.39, 0.29) is 0 Å². The van der Waals surface area contributed by atoms with Gasteiger partial charge in [0.2, 0.25) is 0 Å². The number of methoxy groups -OCH3 is 2. The van der Waals surface area contributed by atoms with Gasteiger partial charge in [-0.2, -0.15) is 0 Å². The highest BCUT2D eigenvalue weighted by molar-refractivity contribution is 5.23. The van der Waals surface area contributed by atoms with Gasteiger partial charge in [-0.3, -0.25) is 4.98 Å². The Kier molecular flexibility index (Phi) is 3.86. The summed E-state index contributed by atoms with van der Waals surface area (Å²) in [6.45, 7) is 3.19. The number of aromatic nitrogens is 1. The Bertz CT molecular complexity index is 274. The van der Waals surface area contributed by atoms with Crippen LogP contribution in [0, 0.1) is 6.92 Å². The van der Waals surface area contributed by atoms with Crippen LogP contribution in [0.5, 0.6) is 0 Å². The second kappa shape index (κ2) is 4.94. The highest BCUT2D eigenvalue weighted by atomic mass is 16.5. The Labute approximate surface area is 78.7 Å². The van der Waals surface area contributed by atoms with Gasteiger partial charge in [0.25, 0.3) is 0 Å². The van der Waals surface area contributed by atoms with Crippen molar-refractivity contribution >= 4 is 0 Å². The van der Waals surface area contributed by atoms with Crippen LogP contribution in [-0.4, -0.2) is 19.2 Å². The number of hydrogen-bond donors (Lipinski definition) is 0. The van der Waals surface area contributed by atoms with Crippen LogP contribution >= 0.6 is 0 Å². The van der Waals surface area contributed by atoms with Gasteiger partial charge in [-0.05, 0) is 24.1 Å². The maximum absolute atomic E-state index is 5.06. The molecule has 13 heavy (non-hydrogen) atoms. The number of nitrogens with zero attached hydrogens (tertiary/aromatic N) is 1. The number of hydrogen-bond acceptors (Lipinski definition) is 3. The van der Waals surface area contributed by atoms with Gasteiger partial charge in [0.15, 0.2) is 0 Å². The molecule has 0 aliphatic carbocycles. The van der Waals surface area contributed by atoms with E-state index in [1.54, 1.807) is 14.2 Å². The van der Waals surface area contributed by atoms with Gasteiger partial charge < -0.3 is 9.47 Å². The molecule has 1 aromatic rings. The first-order valence-electron chi connectivity index (χ1n) is 4.20. The molecule has 0 fully saturated rings. The van der Waals surface area contributed by atoms with E-state index in [2.05, 4.69) is 11.1 Å². The third-order valence-corrected chi connectivity index (χ3v) is 1.86. The number of pyridine rings is 1. The zero-order chi connectivity index (χ0) is 9.68. The van der Waals surface area contributed by atoms with Crippen LogP contribution in [0.4, 0.5) is 0 Å². The third kappa shape index (κ3) is 2.79. The largest absolute Gasteiger partial charge is 0.380 e. The van der Waals surface area contributed by atoms with E-state index >= 15 is 0 Å². The van der Waals surface area contributed by atoms with Gasteiger partial charge in [-0.1, -0.05) is 0 Å². The summed E-state index contributed by atoms with van der Waals surface area (Å²) in [6.07, 6.45) is 1.83. The molecule has 0 atom stereocenters. The van der Waals surface area contributed by atoms with Gasteiger partial charge in [-0.25, -0.2) is 0 Å². The minimum absolute atomic E-state index is 0.601. The summed E-state index contributed by atoms with van der Waals surface area (Å²) in [5.74, 6) is 0. The van der Waals surface area contributed by atoms with Crippen molar-refractivity contribution in [3.8, 4) is 0 Å². The fourth-order valence-electron chi connectivity index (χ4n) is 1.18. The van der Waals surface area contributed by atoms with Crippen LogP contribution in [-0.2, 0) is 22.7 Å². The molecule has 0 saturated carbocycles. The summed E-state index contributed by atoms with van der Waals surface area (Å²) < 4.78 is 10.1. The molecular formula is C10H15NO2. The van der Waals surface area contributed by atoms with Crippen molar-refractivity contribution in [2.75, 3.05) is 14.2 Å². The topological polar surface area (TPSA) is 31.4 Å². The first-order valence-corrected chi connectivity index (χ1v) is 4.20. The second-order valence-electron chi connectivity index (χ2n) is 2.95. The molecule has 0 N–H and O–H groups in total. The molecule has 0 aliphatic rings. The van der Waals surface area contributed by atoms with Crippen LogP contribution in [0.25, 0.3) is 0 Å². The average molecular weight is 181 g/mol. The molecule has 0 bridgehead atoms. The van der Waals surface area contributed by atoms with Crippen molar-refractivity contribution in [2.24, 2.45) is 0 Å². The van der Waals surface area contributed by atoms with Crippen molar-refractivity contribution in [2.45, 2.75) is 20.1 Å². The molecule has 0 radical (unpaired) electrons. The zero-order valence-electron chi connectivity index (χ0n) is 8.33. The molecule has 1 rings (SSSR count). The molecule has 3 nitrogen and oxygen atoms in total. The lowest BCUT2D eigenvalue weighted by Gasteiger charge is -2.06. The Morgan fingerprint density at radius 2 is 1.92 bits per heavy atom. The Morgan fingerprint density at radius 3 is 2.54 bits per heavy atom. The molecule has 0 spiro atoms. The Balaban J connectivity index is 2.83. The van der Waals surface area contributed by atoms with E-state index in [1.165, 1.54) is 0 Å². The molecule has 3 heteroatoms. The molecule has 0 unspecified atom stereocenters. The van der Waals surface area contributed by atoms with E-state index < -0.39 is 0 Å². The molecule has 0 amide bonds. The zero-order valence-corrected chi connectivity index (χ0v) is 8.33. The normalized spacial score (nSPS) is 10.4. The summed E-state index contributed by atoms with van der Waals surface area (Å²) in [5, 5.41) is 0. The lowest BCUT2D eigenvalue weighted by Crippen LogP contribution is -1.98. The Hall–Kier alpha value is -0.930. The highest BCUT2D eigenvalue weighted by Crippen LogP contribution is 2.09. The van der Waals surface area contributed by atoms with Crippen molar-refractivity contribution in [3.05, 3.63) is 29.1 Å². The minimum atomic E-state index is 0.601. The van der Waals surface area contributed by atoms with Crippen molar-refractivity contribution in [3.63, 3.8) is 0 Å². The summed E-state index contributed by atoms with van der Waals surface area (Å²) in [5.41, 5.74) is 3.22. The molecule has 72 valence electrons. The second-order valence-corrected chi connectivity index (χ2v) is 2.95. The monoisotopic (exact) mass is 181 g/mol. The standard InChI is InChI=1S/C10H15NO2/c1-8-10(7-13-3)4-9(5-11-8)6-12-2/h4-5H,6-7H2,1-3H3. The fraction of sp³-hybridized carbons (Fsp3) is 0.500. The van der Waals surface area contributed by atoms with E-state index in [1.807, 2.05) is 13.1 Å². The van der Waals surface area contributed by atoms with Gasteiger partial charge in [-0.15, -0.1) is 0 Å². The molecule has 0 aliphatic heterocycles. The van der Waals surface area contributed by atoms with E-state index in [0.29, 0.717) is 13.2 Å². The lowest BCUT2D eigenvalue weighted by atomic mass is 10.1. The van der Waals surface area contributed by atoms with Gasteiger partial charge >= 0.3 is 0 Å². The molecule has 1 heterocycles. The molecular weight excluding hydrogens is 166 g/mol. The first-order chi connectivity index (χ1) is 6.27. The Morgan fingerprint density at radius 1 is 1.23 bits per heavy atom. The van der Waals surface area contributed by atoms with Gasteiger partial charge in [0.05, 0.1) is 13.2 Å². The molecule has 0 saturated heterocycles. The van der Waals surface area contributed by atoms with Crippen LogP contribution in [0.2, 0.25) is 0 Å². The number of ether oxygens (including phenoxy) is 2. The minimum Gasteiger partial charge on any atom is -0.380 e. The smallest absolute Gasteiger partial charge is 0.0730 e. The highest BCUT2D eigenvalue weighted by Gasteiger charge is 2.00. The maximum Gasteiger partial charge on any atom is 0.0730 e. The van der Waals surface area contributed by atoms with Crippen LogP contribution in [0.1, 0.15) is 16.8 Å². The van der Waals surface area contributed by atoms with Gasteiger partial charge in [0.1, 0.15) is 0 Å². The number of aryl methyl sites for hydroxylation is 1. The van der Waals surface area contributed by atoms with Crippen LogP contribution < -0.4 is 0 Å².